The van der Waals surface area contributed by atoms with Crippen LogP contribution in [0, 0.1) is 12.8 Å². The van der Waals surface area contributed by atoms with Crippen molar-refractivity contribution in [2.75, 3.05) is 0 Å². The highest BCUT2D eigenvalue weighted by atomic mass is 16.2. The molecule has 0 saturated heterocycles. The van der Waals surface area contributed by atoms with Crippen molar-refractivity contribution in [1.82, 2.24) is 21.5 Å². The molecule has 1 saturated carbocycles. The lowest BCUT2D eigenvalue weighted by atomic mass is 10.0. The molecule has 0 aromatic heterocycles. The lowest BCUT2D eigenvalue weighted by Crippen LogP contribution is -2.55. The monoisotopic (exact) mass is 374 g/mol. The van der Waals surface area contributed by atoms with Gasteiger partial charge in [0.1, 0.15) is 6.04 Å². The van der Waals surface area contributed by atoms with E-state index >= 15 is 0 Å². The molecule has 27 heavy (non-hydrogen) atoms. The van der Waals surface area contributed by atoms with Gasteiger partial charge in [-0.25, -0.2) is 0 Å². The van der Waals surface area contributed by atoms with Crippen molar-refractivity contribution in [2.24, 2.45) is 5.92 Å². The van der Waals surface area contributed by atoms with Crippen LogP contribution in [0.25, 0.3) is 0 Å². The zero-order valence-corrected chi connectivity index (χ0v) is 15.8. The number of aryl methyl sites for hydroxylation is 1. The molecule has 4 amide bonds. The summed E-state index contributed by atoms with van der Waals surface area (Å²) < 4.78 is 0. The van der Waals surface area contributed by atoms with Crippen LogP contribution in [0.1, 0.15) is 49.0 Å². The molecule has 0 bridgehead atoms. The zero-order chi connectivity index (χ0) is 20.0. The van der Waals surface area contributed by atoms with Gasteiger partial charge in [-0.1, -0.05) is 32.0 Å². The minimum Gasteiger partial charge on any atom is -0.345 e. The summed E-state index contributed by atoms with van der Waals surface area (Å²) in [4.78, 5) is 48.2. The number of amides is 4. The molecule has 146 valence electrons. The first kappa shape index (κ1) is 20.4. The largest absolute Gasteiger partial charge is 0.345 e. The second-order valence-electron chi connectivity index (χ2n) is 7.16. The minimum atomic E-state index is -0.941. The number of hydrogen-bond donors (Lipinski definition) is 4. The standard InChI is InChI=1S/C19H26N4O4/c1-11(2)10-15(21-16(24)14-7-5-4-6-12(14)3)17(25)22-23-19(27)18(26)20-13-8-9-13/h4-7,11,13,15H,8-10H2,1-3H3,(H,20,26)(H,21,24)(H,22,25)(H,23,27)/t15-/m1/s1. The Labute approximate surface area is 158 Å². The average Bonchev–Trinajstić information content (AvgIpc) is 3.42. The maximum absolute atomic E-state index is 12.5. The van der Waals surface area contributed by atoms with E-state index in [2.05, 4.69) is 21.5 Å². The molecule has 8 nitrogen and oxygen atoms in total. The molecular weight excluding hydrogens is 348 g/mol. The quantitative estimate of drug-likeness (QED) is 0.430. The van der Waals surface area contributed by atoms with Gasteiger partial charge in [0, 0.05) is 11.6 Å². The molecule has 1 fully saturated rings. The number of hydrazine groups is 1. The van der Waals surface area contributed by atoms with Crippen LogP contribution in [0.2, 0.25) is 0 Å². The fraction of sp³-hybridized carbons (Fsp3) is 0.474. The molecule has 4 N–H and O–H groups in total. The van der Waals surface area contributed by atoms with Crippen molar-refractivity contribution >= 4 is 23.6 Å². The molecule has 0 aliphatic heterocycles. The van der Waals surface area contributed by atoms with Crippen molar-refractivity contribution in [3.8, 4) is 0 Å². The summed E-state index contributed by atoms with van der Waals surface area (Å²) in [5.41, 5.74) is 5.59. The lowest BCUT2D eigenvalue weighted by Gasteiger charge is -2.20. The first-order valence-electron chi connectivity index (χ1n) is 9.05. The predicted octanol–water partition coefficient (Wildman–Crippen LogP) is 0.566. The van der Waals surface area contributed by atoms with Crippen molar-refractivity contribution in [3.05, 3.63) is 35.4 Å². The molecule has 8 heteroatoms. The summed E-state index contributed by atoms with van der Waals surface area (Å²) in [6.45, 7) is 5.65. The van der Waals surface area contributed by atoms with Gasteiger partial charge in [0.15, 0.2) is 0 Å². The second-order valence-corrected chi connectivity index (χ2v) is 7.16. The van der Waals surface area contributed by atoms with E-state index in [1.54, 1.807) is 12.1 Å². The van der Waals surface area contributed by atoms with Crippen LogP contribution in [-0.4, -0.2) is 35.7 Å². The van der Waals surface area contributed by atoms with Gasteiger partial charge in [0.25, 0.3) is 11.8 Å². The van der Waals surface area contributed by atoms with Crippen LogP contribution in [0.4, 0.5) is 0 Å². The van der Waals surface area contributed by atoms with Crippen LogP contribution < -0.4 is 21.5 Å². The number of hydrogen-bond acceptors (Lipinski definition) is 4. The Balaban J connectivity index is 1.94. The van der Waals surface area contributed by atoms with Crippen molar-refractivity contribution < 1.29 is 19.2 Å². The minimum absolute atomic E-state index is 0.0426. The Morgan fingerprint density at radius 2 is 1.70 bits per heavy atom. The third-order valence-electron chi connectivity index (χ3n) is 4.14. The number of rotatable bonds is 6. The molecule has 1 aliphatic carbocycles. The summed E-state index contributed by atoms with van der Waals surface area (Å²) in [5.74, 6) is -2.55. The first-order valence-corrected chi connectivity index (χ1v) is 9.05. The normalized spacial score (nSPS) is 14.2. The highest BCUT2D eigenvalue weighted by molar-refractivity contribution is 6.35. The van der Waals surface area contributed by atoms with E-state index in [9.17, 15) is 19.2 Å². The molecule has 0 radical (unpaired) electrons. The van der Waals surface area contributed by atoms with Gasteiger partial charge in [-0.2, -0.15) is 0 Å². The summed E-state index contributed by atoms with van der Waals surface area (Å²) >= 11 is 0. The van der Waals surface area contributed by atoms with Gasteiger partial charge in [0.2, 0.25) is 0 Å². The molecule has 0 heterocycles. The Hall–Kier alpha value is -2.90. The Kier molecular flexibility index (Phi) is 6.92. The van der Waals surface area contributed by atoms with Crippen molar-refractivity contribution in [3.63, 3.8) is 0 Å². The second kappa shape index (κ2) is 9.16. The summed E-state index contributed by atoms with van der Waals surface area (Å²) in [6, 6.07) is 6.26. The van der Waals surface area contributed by atoms with Crippen molar-refractivity contribution in [2.45, 2.75) is 52.1 Å². The van der Waals surface area contributed by atoms with Gasteiger partial charge in [-0.15, -0.1) is 0 Å². The third kappa shape index (κ3) is 6.40. The molecule has 1 atom stereocenters. The van der Waals surface area contributed by atoms with Crippen LogP contribution in [0.3, 0.4) is 0 Å². The maximum Gasteiger partial charge on any atom is 0.327 e. The van der Waals surface area contributed by atoms with Gasteiger partial charge >= 0.3 is 11.8 Å². The number of carbonyl (C=O) groups excluding carboxylic acids is 4. The number of nitrogens with one attached hydrogen (secondary N) is 4. The van der Waals surface area contributed by atoms with E-state index in [0.29, 0.717) is 12.0 Å². The predicted molar refractivity (Wildman–Crippen MR) is 99.3 cm³/mol. The highest BCUT2D eigenvalue weighted by Crippen LogP contribution is 2.18. The summed E-state index contributed by atoms with van der Waals surface area (Å²) in [5, 5.41) is 5.22. The molecular formula is C19H26N4O4. The van der Waals surface area contributed by atoms with E-state index in [1.807, 2.05) is 32.9 Å². The summed E-state index contributed by atoms with van der Waals surface area (Å²) in [6.07, 6.45) is 2.09. The van der Waals surface area contributed by atoms with E-state index in [0.717, 1.165) is 18.4 Å². The third-order valence-corrected chi connectivity index (χ3v) is 4.14. The van der Waals surface area contributed by atoms with Crippen LogP contribution in [0.5, 0.6) is 0 Å². The van der Waals surface area contributed by atoms with Gasteiger partial charge in [-0.05, 0) is 43.7 Å². The molecule has 2 rings (SSSR count). The average molecular weight is 374 g/mol. The Morgan fingerprint density at radius 1 is 1.04 bits per heavy atom. The zero-order valence-electron chi connectivity index (χ0n) is 15.8. The van der Waals surface area contributed by atoms with E-state index in [1.165, 1.54) is 0 Å². The lowest BCUT2D eigenvalue weighted by molar-refractivity contribution is -0.141. The number of benzene rings is 1. The molecule has 0 spiro atoms. The van der Waals surface area contributed by atoms with Crippen molar-refractivity contribution in [1.29, 1.82) is 0 Å². The first-order chi connectivity index (χ1) is 12.8. The molecule has 1 aromatic rings. The fourth-order valence-electron chi connectivity index (χ4n) is 2.51. The molecule has 1 aromatic carbocycles. The number of carbonyl (C=O) groups is 4. The Morgan fingerprint density at radius 3 is 2.30 bits per heavy atom. The summed E-state index contributed by atoms with van der Waals surface area (Å²) in [7, 11) is 0. The van der Waals surface area contributed by atoms with Crippen LogP contribution in [-0.2, 0) is 14.4 Å². The van der Waals surface area contributed by atoms with E-state index in [4.69, 9.17) is 0 Å². The van der Waals surface area contributed by atoms with Gasteiger partial charge in [0.05, 0.1) is 0 Å². The van der Waals surface area contributed by atoms with Gasteiger partial charge < -0.3 is 10.6 Å². The van der Waals surface area contributed by atoms with Crippen LogP contribution >= 0.6 is 0 Å². The van der Waals surface area contributed by atoms with Gasteiger partial charge in [-0.3, -0.25) is 30.0 Å². The molecule has 0 unspecified atom stereocenters. The van der Waals surface area contributed by atoms with E-state index in [-0.39, 0.29) is 17.9 Å². The fourth-order valence-corrected chi connectivity index (χ4v) is 2.51. The maximum atomic E-state index is 12.5. The smallest absolute Gasteiger partial charge is 0.327 e. The SMILES string of the molecule is Cc1ccccc1C(=O)N[C@H](CC(C)C)C(=O)NNC(=O)C(=O)NC1CC1. The Bertz CT molecular complexity index is 728. The topological polar surface area (TPSA) is 116 Å². The highest BCUT2D eigenvalue weighted by Gasteiger charge is 2.28. The van der Waals surface area contributed by atoms with Crippen LogP contribution in [0.15, 0.2) is 24.3 Å². The molecule has 1 aliphatic rings. The van der Waals surface area contributed by atoms with E-state index < -0.39 is 23.8 Å².